The van der Waals surface area contributed by atoms with Gasteiger partial charge in [-0.2, -0.15) is 0 Å². The molecule has 0 saturated heterocycles. The molecule has 1 heteroatoms. The highest BCUT2D eigenvalue weighted by Gasteiger charge is 2.12. The van der Waals surface area contributed by atoms with Gasteiger partial charge in [0.25, 0.3) is 0 Å². The van der Waals surface area contributed by atoms with Crippen LogP contribution in [0.5, 0.6) is 0 Å². The van der Waals surface area contributed by atoms with Gasteiger partial charge in [-0.15, -0.1) is 0 Å². The van der Waals surface area contributed by atoms with E-state index in [9.17, 15) is 0 Å². The lowest BCUT2D eigenvalue weighted by atomic mass is 9.87. The third-order valence-electron chi connectivity index (χ3n) is 1.35. The Kier molecular flexibility index (Phi) is 2.70. The van der Waals surface area contributed by atoms with Crippen molar-refractivity contribution in [3.8, 4) is 0 Å². The normalized spacial score (nSPS) is 13.4. The SMILES string of the molecule is C=C(/C=C(/C)O)C(C)(C)C. The van der Waals surface area contributed by atoms with Gasteiger partial charge in [0.2, 0.25) is 0 Å². The fraction of sp³-hybridized carbons (Fsp3) is 0.556. The van der Waals surface area contributed by atoms with E-state index in [0.29, 0.717) is 5.76 Å². The van der Waals surface area contributed by atoms with E-state index in [1.807, 2.05) is 0 Å². The first-order chi connectivity index (χ1) is 4.34. The maximum Gasteiger partial charge on any atom is 0.0894 e. The van der Waals surface area contributed by atoms with Crippen LogP contribution in [0, 0.1) is 5.41 Å². The fourth-order valence-electron chi connectivity index (χ4n) is 0.469. The minimum absolute atomic E-state index is 0.0595. The van der Waals surface area contributed by atoms with Crippen LogP contribution in [-0.2, 0) is 0 Å². The van der Waals surface area contributed by atoms with Crippen molar-refractivity contribution in [1.82, 2.24) is 0 Å². The number of hydrogen-bond donors (Lipinski definition) is 1. The summed E-state index contributed by atoms with van der Waals surface area (Å²) in [7, 11) is 0. The molecule has 0 fully saturated rings. The molecule has 1 nitrogen and oxygen atoms in total. The molecule has 0 bridgehead atoms. The van der Waals surface area contributed by atoms with Crippen molar-refractivity contribution >= 4 is 0 Å². The molecule has 0 aromatic heterocycles. The third-order valence-corrected chi connectivity index (χ3v) is 1.35. The van der Waals surface area contributed by atoms with Gasteiger partial charge < -0.3 is 5.11 Å². The van der Waals surface area contributed by atoms with Crippen LogP contribution in [0.3, 0.4) is 0 Å². The molecule has 0 aromatic carbocycles. The van der Waals surface area contributed by atoms with Crippen molar-refractivity contribution in [2.45, 2.75) is 27.7 Å². The van der Waals surface area contributed by atoms with Crippen molar-refractivity contribution in [3.63, 3.8) is 0 Å². The quantitative estimate of drug-likeness (QED) is 0.438. The Morgan fingerprint density at radius 1 is 1.40 bits per heavy atom. The Balaban J connectivity index is 4.27. The van der Waals surface area contributed by atoms with Crippen molar-refractivity contribution in [2.75, 3.05) is 0 Å². The topological polar surface area (TPSA) is 20.2 Å². The lowest BCUT2D eigenvalue weighted by Crippen LogP contribution is -2.06. The van der Waals surface area contributed by atoms with Gasteiger partial charge in [0, 0.05) is 0 Å². The molecular weight excluding hydrogens is 124 g/mol. The van der Waals surface area contributed by atoms with Crippen LogP contribution in [0.1, 0.15) is 27.7 Å². The molecule has 58 valence electrons. The summed E-state index contributed by atoms with van der Waals surface area (Å²) in [4.78, 5) is 0. The van der Waals surface area contributed by atoms with Crippen molar-refractivity contribution in [3.05, 3.63) is 24.0 Å². The van der Waals surface area contributed by atoms with E-state index in [2.05, 4.69) is 27.4 Å². The lowest BCUT2D eigenvalue weighted by molar-refractivity contribution is 0.409. The number of allylic oxidation sites excluding steroid dienone is 3. The van der Waals surface area contributed by atoms with E-state index >= 15 is 0 Å². The second kappa shape index (κ2) is 2.91. The van der Waals surface area contributed by atoms with Crippen molar-refractivity contribution in [2.24, 2.45) is 5.41 Å². The van der Waals surface area contributed by atoms with Crippen LogP contribution in [-0.4, -0.2) is 5.11 Å². The second-order valence-electron chi connectivity index (χ2n) is 3.56. The molecule has 0 spiro atoms. The molecule has 0 aliphatic rings. The molecule has 1 N–H and O–H groups in total. The number of rotatable bonds is 1. The van der Waals surface area contributed by atoms with E-state index < -0.39 is 0 Å². The fourth-order valence-corrected chi connectivity index (χ4v) is 0.469. The second-order valence-corrected chi connectivity index (χ2v) is 3.56. The molecule has 0 aromatic rings. The van der Waals surface area contributed by atoms with E-state index in [4.69, 9.17) is 5.11 Å². The van der Waals surface area contributed by atoms with Crippen LogP contribution in [0.4, 0.5) is 0 Å². The molecule has 0 aliphatic heterocycles. The predicted molar refractivity (Wildman–Crippen MR) is 45.0 cm³/mol. The maximum atomic E-state index is 8.89. The molecule has 0 saturated carbocycles. The average Bonchev–Trinajstić information content (AvgIpc) is 1.60. The van der Waals surface area contributed by atoms with Gasteiger partial charge in [0.1, 0.15) is 0 Å². The van der Waals surface area contributed by atoms with Gasteiger partial charge in [-0.3, -0.25) is 0 Å². The highest BCUT2D eigenvalue weighted by Crippen LogP contribution is 2.24. The maximum absolute atomic E-state index is 8.89. The van der Waals surface area contributed by atoms with Crippen LogP contribution >= 0.6 is 0 Å². The molecule has 0 radical (unpaired) electrons. The Morgan fingerprint density at radius 2 is 1.80 bits per heavy atom. The Morgan fingerprint density at radius 3 is 1.90 bits per heavy atom. The highest BCUT2D eigenvalue weighted by molar-refractivity contribution is 5.21. The Bertz CT molecular complexity index is 154. The van der Waals surface area contributed by atoms with E-state index in [0.717, 1.165) is 5.57 Å². The predicted octanol–water partition coefficient (Wildman–Crippen LogP) is 3.05. The van der Waals surface area contributed by atoms with E-state index in [1.54, 1.807) is 13.0 Å². The van der Waals surface area contributed by atoms with Crippen molar-refractivity contribution < 1.29 is 5.11 Å². The molecule has 0 aliphatic carbocycles. The lowest BCUT2D eigenvalue weighted by Gasteiger charge is -2.18. The van der Waals surface area contributed by atoms with Crippen LogP contribution in [0.15, 0.2) is 24.0 Å². The first-order valence-electron chi connectivity index (χ1n) is 3.40. The Labute approximate surface area is 63.1 Å². The van der Waals surface area contributed by atoms with Gasteiger partial charge in [-0.05, 0) is 24.0 Å². The zero-order valence-corrected chi connectivity index (χ0v) is 7.23. The van der Waals surface area contributed by atoms with Crippen LogP contribution < -0.4 is 0 Å². The first kappa shape index (κ1) is 9.28. The summed E-state index contributed by atoms with van der Waals surface area (Å²) in [6, 6.07) is 0. The monoisotopic (exact) mass is 140 g/mol. The van der Waals surface area contributed by atoms with E-state index in [1.165, 1.54) is 0 Å². The highest BCUT2D eigenvalue weighted by atomic mass is 16.3. The largest absolute Gasteiger partial charge is 0.513 e. The third kappa shape index (κ3) is 3.33. The number of aliphatic hydroxyl groups excluding tert-OH is 1. The van der Waals surface area contributed by atoms with Gasteiger partial charge in [-0.25, -0.2) is 0 Å². The van der Waals surface area contributed by atoms with Gasteiger partial charge in [0.05, 0.1) is 5.76 Å². The number of hydrogen-bond acceptors (Lipinski definition) is 1. The average molecular weight is 140 g/mol. The molecule has 0 rings (SSSR count). The summed E-state index contributed by atoms with van der Waals surface area (Å²) in [5.41, 5.74) is 1.01. The summed E-state index contributed by atoms with van der Waals surface area (Å²) in [5.74, 6) is 0.319. The molecule has 10 heavy (non-hydrogen) atoms. The smallest absolute Gasteiger partial charge is 0.0894 e. The van der Waals surface area contributed by atoms with Crippen molar-refractivity contribution in [1.29, 1.82) is 0 Å². The summed E-state index contributed by atoms with van der Waals surface area (Å²) in [5, 5.41) is 8.89. The summed E-state index contributed by atoms with van der Waals surface area (Å²) < 4.78 is 0. The summed E-state index contributed by atoms with van der Waals surface area (Å²) >= 11 is 0. The molecule has 0 atom stereocenters. The summed E-state index contributed by atoms with van der Waals surface area (Å²) in [6.45, 7) is 11.7. The van der Waals surface area contributed by atoms with Gasteiger partial charge in [0.15, 0.2) is 0 Å². The van der Waals surface area contributed by atoms with Crippen LogP contribution in [0.2, 0.25) is 0 Å². The zero-order valence-electron chi connectivity index (χ0n) is 7.23. The molecule has 0 unspecified atom stereocenters. The van der Waals surface area contributed by atoms with Crippen LogP contribution in [0.25, 0.3) is 0 Å². The first-order valence-corrected chi connectivity index (χ1v) is 3.40. The molecule has 0 amide bonds. The molecular formula is C9H16O. The number of aliphatic hydroxyl groups is 1. The Hall–Kier alpha value is -0.720. The minimum Gasteiger partial charge on any atom is -0.513 e. The van der Waals surface area contributed by atoms with Gasteiger partial charge in [-0.1, -0.05) is 27.4 Å². The van der Waals surface area contributed by atoms with E-state index in [-0.39, 0.29) is 5.41 Å². The summed E-state index contributed by atoms with van der Waals surface area (Å²) in [6.07, 6.45) is 1.69. The minimum atomic E-state index is 0.0595. The zero-order chi connectivity index (χ0) is 8.36. The van der Waals surface area contributed by atoms with Gasteiger partial charge >= 0.3 is 0 Å². The molecule has 0 heterocycles. The standard InChI is InChI=1S/C9H16O/c1-7(6-8(2)10)9(3,4)5/h6,10H,1H2,2-5H3/b8-6-.